The van der Waals surface area contributed by atoms with E-state index < -0.39 is 42.2 Å². The highest BCUT2D eigenvalue weighted by Gasteiger charge is 2.43. The highest BCUT2D eigenvalue weighted by atomic mass is 19.4. The van der Waals surface area contributed by atoms with E-state index in [1.165, 1.54) is 36.6 Å². The first-order valence-corrected chi connectivity index (χ1v) is 11.1. The largest absolute Gasteiger partial charge is 0.449 e. The molecule has 3 aromatic heterocycles. The van der Waals surface area contributed by atoms with Crippen LogP contribution in [0.4, 0.5) is 19.0 Å². The quantitative estimate of drug-likeness (QED) is 0.379. The maximum atomic E-state index is 13.7. The lowest BCUT2D eigenvalue weighted by atomic mass is 9.91. The number of rotatable bonds is 3. The summed E-state index contributed by atoms with van der Waals surface area (Å²) in [5.74, 6) is -1.74. The van der Waals surface area contributed by atoms with E-state index in [0.717, 1.165) is 4.57 Å². The number of hydrogen-bond donors (Lipinski definition) is 3. The summed E-state index contributed by atoms with van der Waals surface area (Å²) in [4.78, 5) is 30.6. The van der Waals surface area contributed by atoms with Crippen molar-refractivity contribution in [2.24, 2.45) is 0 Å². The Labute approximate surface area is 202 Å². The Balaban J connectivity index is 1.52. The van der Waals surface area contributed by atoms with Gasteiger partial charge in [-0.2, -0.15) is 13.2 Å². The molecule has 5 rings (SSSR count). The van der Waals surface area contributed by atoms with Gasteiger partial charge in [0.05, 0.1) is 35.1 Å². The molecule has 1 saturated heterocycles. The number of halogens is 3. The van der Waals surface area contributed by atoms with Crippen molar-refractivity contribution in [2.45, 2.75) is 43.8 Å². The van der Waals surface area contributed by atoms with E-state index in [9.17, 15) is 28.2 Å². The molecule has 0 saturated carbocycles. The van der Waals surface area contributed by atoms with Crippen LogP contribution in [0.2, 0.25) is 0 Å². The zero-order chi connectivity index (χ0) is 25.8. The lowest BCUT2D eigenvalue weighted by Crippen LogP contribution is -2.43. The fraction of sp³-hybridized carbons (Fsp3) is 0.409. The van der Waals surface area contributed by atoms with Crippen molar-refractivity contribution in [1.29, 1.82) is 0 Å². The SMILES string of the molecule is C[C@@]1(O)C[C@H](O)CN(C(=O)Cn2c(C(F)(F)F)nc3ccccc32)C[C@H]1n1cnc2c(N)ncnc21. The van der Waals surface area contributed by atoms with E-state index in [0.29, 0.717) is 11.2 Å². The lowest BCUT2D eigenvalue weighted by Gasteiger charge is -2.34. The van der Waals surface area contributed by atoms with E-state index in [-0.39, 0.29) is 36.4 Å². The number of amides is 1. The molecule has 3 atom stereocenters. The third-order valence-electron chi connectivity index (χ3n) is 6.47. The van der Waals surface area contributed by atoms with Gasteiger partial charge < -0.3 is 30.0 Å². The summed E-state index contributed by atoms with van der Waals surface area (Å²) in [5.41, 5.74) is 5.24. The van der Waals surface area contributed by atoms with E-state index in [1.807, 2.05) is 0 Å². The van der Waals surface area contributed by atoms with E-state index >= 15 is 0 Å². The van der Waals surface area contributed by atoms with Gasteiger partial charge in [0.15, 0.2) is 11.5 Å². The van der Waals surface area contributed by atoms with Gasteiger partial charge in [-0.1, -0.05) is 12.1 Å². The van der Waals surface area contributed by atoms with Crippen LogP contribution in [0.15, 0.2) is 36.9 Å². The fourth-order valence-corrected chi connectivity index (χ4v) is 4.79. The molecule has 1 aliphatic heterocycles. The highest BCUT2D eigenvalue weighted by molar-refractivity contribution is 5.82. The normalized spacial score (nSPS) is 23.3. The Morgan fingerprint density at radius 2 is 1.97 bits per heavy atom. The van der Waals surface area contributed by atoms with Gasteiger partial charge in [-0.05, 0) is 19.1 Å². The molecule has 4 N–H and O–H groups in total. The minimum Gasteiger partial charge on any atom is -0.391 e. The molecule has 0 bridgehead atoms. The monoisotopic (exact) mass is 504 g/mol. The van der Waals surface area contributed by atoms with Gasteiger partial charge in [-0.3, -0.25) is 4.79 Å². The zero-order valence-corrected chi connectivity index (χ0v) is 19.1. The topological polar surface area (TPSA) is 148 Å². The summed E-state index contributed by atoms with van der Waals surface area (Å²) >= 11 is 0. The van der Waals surface area contributed by atoms with Crippen LogP contribution in [0, 0.1) is 0 Å². The number of carbonyl (C=O) groups is 1. The van der Waals surface area contributed by atoms with Crippen LogP contribution in [0.3, 0.4) is 0 Å². The molecule has 0 aliphatic carbocycles. The van der Waals surface area contributed by atoms with Crippen molar-refractivity contribution in [3.63, 3.8) is 0 Å². The maximum absolute atomic E-state index is 13.7. The van der Waals surface area contributed by atoms with Crippen LogP contribution in [-0.4, -0.2) is 74.9 Å². The number of carbonyl (C=O) groups excluding carboxylic acids is 1. The Bertz CT molecular complexity index is 1450. The van der Waals surface area contributed by atoms with Crippen LogP contribution in [-0.2, 0) is 17.5 Å². The molecule has 1 fully saturated rings. The van der Waals surface area contributed by atoms with Crippen LogP contribution >= 0.6 is 0 Å². The van der Waals surface area contributed by atoms with Crippen molar-refractivity contribution in [2.75, 3.05) is 18.8 Å². The Morgan fingerprint density at radius 1 is 1.22 bits per heavy atom. The molecule has 0 radical (unpaired) electrons. The predicted molar refractivity (Wildman–Crippen MR) is 121 cm³/mol. The Morgan fingerprint density at radius 3 is 2.72 bits per heavy atom. The summed E-state index contributed by atoms with van der Waals surface area (Å²) in [6, 6.07) is 5.18. The molecule has 11 nitrogen and oxygen atoms in total. The first kappa shape index (κ1) is 23.9. The molecule has 0 unspecified atom stereocenters. The number of imidazole rings is 2. The number of likely N-dealkylation sites (tertiary alicyclic amines) is 1. The number of aromatic nitrogens is 6. The number of hydrogen-bond acceptors (Lipinski definition) is 8. The Kier molecular flexibility index (Phi) is 5.59. The van der Waals surface area contributed by atoms with Gasteiger partial charge in [0, 0.05) is 19.5 Å². The van der Waals surface area contributed by atoms with Crippen LogP contribution in [0.1, 0.15) is 25.2 Å². The van der Waals surface area contributed by atoms with Gasteiger partial charge in [0.25, 0.3) is 0 Å². The standard InChI is InChI=1S/C22H23F3N8O3/c1-21(36)6-12(34)7-31(8-15(21)33-11-29-17-18(26)27-10-28-19(17)33)16(35)9-32-14-5-3-2-4-13(14)30-20(32)22(23,24)25/h2-5,10-12,15,34,36H,6-9H2,1H3,(H2,26,27,28)/t12-,15+,21+/m0/s1. The molecular weight excluding hydrogens is 481 g/mol. The summed E-state index contributed by atoms with van der Waals surface area (Å²) in [6.07, 6.45) is -3.35. The maximum Gasteiger partial charge on any atom is 0.449 e. The second kappa shape index (κ2) is 8.41. The molecule has 190 valence electrons. The van der Waals surface area contributed by atoms with Crippen molar-refractivity contribution < 1.29 is 28.2 Å². The van der Waals surface area contributed by atoms with Gasteiger partial charge >= 0.3 is 6.18 Å². The van der Waals surface area contributed by atoms with Crippen molar-refractivity contribution in [1.82, 2.24) is 34.0 Å². The van der Waals surface area contributed by atoms with Crippen molar-refractivity contribution in [3.05, 3.63) is 42.7 Å². The zero-order valence-electron chi connectivity index (χ0n) is 19.1. The average Bonchev–Trinajstić information content (AvgIpc) is 3.35. The van der Waals surface area contributed by atoms with Crippen LogP contribution in [0.5, 0.6) is 0 Å². The number of nitrogens with zero attached hydrogens (tertiary/aromatic N) is 7. The molecule has 1 amide bonds. The summed E-state index contributed by atoms with van der Waals surface area (Å²) in [5, 5.41) is 21.8. The second-order valence-corrected chi connectivity index (χ2v) is 9.12. The summed E-state index contributed by atoms with van der Waals surface area (Å²) < 4.78 is 43.5. The third kappa shape index (κ3) is 4.11. The predicted octanol–water partition coefficient (Wildman–Crippen LogP) is 1.36. The van der Waals surface area contributed by atoms with Gasteiger partial charge in [0.2, 0.25) is 11.7 Å². The second-order valence-electron chi connectivity index (χ2n) is 9.12. The molecule has 1 aliphatic rings. The summed E-state index contributed by atoms with van der Waals surface area (Å²) in [6.45, 7) is 0.558. The fourth-order valence-electron chi connectivity index (χ4n) is 4.79. The average molecular weight is 504 g/mol. The number of anilines is 1. The van der Waals surface area contributed by atoms with Gasteiger partial charge in [-0.25, -0.2) is 19.9 Å². The number of benzene rings is 1. The lowest BCUT2D eigenvalue weighted by molar-refractivity contribution is -0.148. The van der Waals surface area contributed by atoms with Gasteiger partial charge in [0.1, 0.15) is 18.4 Å². The first-order valence-electron chi connectivity index (χ1n) is 11.1. The number of fused-ring (bicyclic) bond motifs is 2. The number of β-amino-alcohol motifs (C(OH)–C–C–N with tert-alkyl or cyclic N) is 1. The minimum absolute atomic E-state index is 0.0938. The molecule has 0 spiro atoms. The smallest absolute Gasteiger partial charge is 0.391 e. The molecule has 4 heterocycles. The number of aliphatic hydroxyl groups excluding tert-OH is 1. The molecule has 1 aromatic carbocycles. The van der Waals surface area contributed by atoms with Crippen molar-refractivity contribution >= 4 is 33.9 Å². The van der Waals surface area contributed by atoms with Gasteiger partial charge in [-0.15, -0.1) is 0 Å². The number of aliphatic hydroxyl groups is 2. The number of nitrogen functional groups attached to an aromatic ring is 1. The van der Waals surface area contributed by atoms with Crippen LogP contribution in [0.25, 0.3) is 22.2 Å². The van der Waals surface area contributed by atoms with E-state index in [1.54, 1.807) is 16.7 Å². The Hall–Kier alpha value is -3.78. The van der Waals surface area contributed by atoms with E-state index in [2.05, 4.69) is 19.9 Å². The number of alkyl halides is 3. The van der Waals surface area contributed by atoms with Crippen molar-refractivity contribution in [3.8, 4) is 0 Å². The third-order valence-corrected chi connectivity index (χ3v) is 6.47. The molecular formula is C22H23F3N8O3. The molecule has 14 heteroatoms. The van der Waals surface area contributed by atoms with Crippen LogP contribution < -0.4 is 5.73 Å². The first-order chi connectivity index (χ1) is 17.0. The molecule has 4 aromatic rings. The molecule has 36 heavy (non-hydrogen) atoms. The number of para-hydroxylation sites is 2. The van der Waals surface area contributed by atoms with E-state index in [4.69, 9.17) is 5.73 Å². The number of nitrogens with two attached hydrogens (primary N) is 1. The minimum atomic E-state index is -4.78. The highest BCUT2D eigenvalue weighted by Crippen LogP contribution is 2.35. The summed E-state index contributed by atoms with van der Waals surface area (Å²) in [7, 11) is 0.